The maximum atomic E-state index is 12.0. The topological polar surface area (TPSA) is 89.8 Å². The monoisotopic (exact) mass is 265 g/mol. The van der Waals surface area contributed by atoms with Crippen molar-refractivity contribution >= 4 is 5.91 Å². The maximum absolute atomic E-state index is 12.0. The first kappa shape index (κ1) is 13.7. The molecule has 1 aliphatic carbocycles. The summed E-state index contributed by atoms with van der Waals surface area (Å²) < 4.78 is 0. The number of rotatable bonds is 2. The van der Waals surface area contributed by atoms with E-state index in [-0.39, 0.29) is 23.1 Å². The minimum absolute atomic E-state index is 0.161. The molecule has 1 aliphatic rings. The van der Waals surface area contributed by atoms with E-state index in [9.17, 15) is 20.1 Å². The molecule has 4 N–H and O–H groups in total. The van der Waals surface area contributed by atoms with Gasteiger partial charge < -0.3 is 20.6 Å². The zero-order chi connectivity index (χ0) is 13.8. The summed E-state index contributed by atoms with van der Waals surface area (Å²) in [6.07, 6.45) is 3.93. The minimum Gasteiger partial charge on any atom is -0.508 e. The second-order valence-corrected chi connectivity index (χ2v) is 5.02. The number of carbonyl (C=O) groups excluding carboxylic acids is 1. The summed E-state index contributed by atoms with van der Waals surface area (Å²) in [5.41, 5.74) is 0.189. The number of phenols is 2. The number of hydrogen-bond acceptors (Lipinski definition) is 4. The Morgan fingerprint density at radius 1 is 1.05 bits per heavy atom. The molecule has 2 unspecified atom stereocenters. The van der Waals surface area contributed by atoms with Gasteiger partial charge in [-0.05, 0) is 25.0 Å². The molecule has 5 heteroatoms. The van der Waals surface area contributed by atoms with Crippen molar-refractivity contribution in [1.29, 1.82) is 0 Å². The van der Waals surface area contributed by atoms with Crippen LogP contribution in [0.2, 0.25) is 0 Å². The summed E-state index contributed by atoms with van der Waals surface area (Å²) in [6, 6.07) is 3.48. The van der Waals surface area contributed by atoms with E-state index in [1.807, 2.05) is 0 Å². The molecule has 2 rings (SSSR count). The van der Waals surface area contributed by atoms with E-state index in [0.29, 0.717) is 6.42 Å². The highest BCUT2D eigenvalue weighted by Gasteiger charge is 2.23. The van der Waals surface area contributed by atoms with Gasteiger partial charge in [-0.2, -0.15) is 0 Å². The smallest absolute Gasteiger partial charge is 0.251 e. The lowest BCUT2D eigenvalue weighted by Gasteiger charge is -2.21. The highest BCUT2D eigenvalue weighted by molar-refractivity contribution is 5.95. The predicted molar refractivity (Wildman–Crippen MR) is 70.1 cm³/mol. The molecule has 19 heavy (non-hydrogen) atoms. The number of aliphatic hydroxyl groups excluding tert-OH is 1. The molecule has 0 aliphatic heterocycles. The van der Waals surface area contributed by atoms with Crippen molar-refractivity contribution in [2.45, 2.75) is 44.2 Å². The van der Waals surface area contributed by atoms with Crippen molar-refractivity contribution in [3.05, 3.63) is 23.8 Å². The molecule has 1 saturated carbocycles. The normalized spacial score (nSPS) is 23.6. The molecule has 5 nitrogen and oxygen atoms in total. The number of carbonyl (C=O) groups is 1. The van der Waals surface area contributed by atoms with Crippen LogP contribution in [-0.2, 0) is 0 Å². The molecule has 2 atom stereocenters. The maximum Gasteiger partial charge on any atom is 0.251 e. The van der Waals surface area contributed by atoms with Gasteiger partial charge in [-0.25, -0.2) is 0 Å². The number of benzene rings is 1. The first-order valence-electron chi connectivity index (χ1n) is 6.58. The summed E-state index contributed by atoms with van der Waals surface area (Å²) in [7, 11) is 0. The van der Waals surface area contributed by atoms with Gasteiger partial charge in [0.25, 0.3) is 5.91 Å². The summed E-state index contributed by atoms with van der Waals surface area (Å²) in [4.78, 5) is 12.0. The second-order valence-electron chi connectivity index (χ2n) is 5.02. The average molecular weight is 265 g/mol. The molecular weight excluding hydrogens is 246 g/mol. The molecule has 0 heterocycles. The summed E-state index contributed by atoms with van der Waals surface area (Å²) in [5.74, 6) is -0.713. The van der Waals surface area contributed by atoms with Crippen molar-refractivity contribution in [1.82, 2.24) is 5.32 Å². The fraction of sp³-hybridized carbons (Fsp3) is 0.500. The van der Waals surface area contributed by atoms with Gasteiger partial charge in [0.15, 0.2) is 0 Å². The minimum atomic E-state index is -0.530. The fourth-order valence-electron chi connectivity index (χ4n) is 2.43. The number of aromatic hydroxyl groups is 2. The lowest BCUT2D eigenvalue weighted by Crippen LogP contribution is -2.42. The number of nitrogens with one attached hydrogen (secondary N) is 1. The highest BCUT2D eigenvalue weighted by atomic mass is 16.3. The lowest BCUT2D eigenvalue weighted by atomic mass is 10.1. The zero-order valence-corrected chi connectivity index (χ0v) is 10.7. The van der Waals surface area contributed by atoms with Gasteiger partial charge in [0.05, 0.1) is 12.1 Å². The van der Waals surface area contributed by atoms with E-state index in [1.165, 1.54) is 12.1 Å². The third-order valence-corrected chi connectivity index (χ3v) is 3.46. The van der Waals surface area contributed by atoms with E-state index >= 15 is 0 Å². The predicted octanol–water partition coefficient (Wildman–Crippen LogP) is 1.52. The summed E-state index contributed by atoms with van der Waals surface area (Å²) >= 11 is 0. The van der Waals surface area contributed by atoms with Gasteiger partial charge in [-0.3, -0.25) is 4.79 Å². The molecule has 0 bridgehead atoms. The van der Waals surface area contributed by atoms with Gasteiger partial charge in [0, 0.05) is 11.6 Å². The van der Waals surface area contributed by atoms with E-state index in [2.05, 4.69) is 5.32 Å². The van der Waals surface area contributed by atoms with Gasteiger partial charge in [-0.1, -0.05) is 19.3 Å². The Bertz CT molecular complexity index is 441. The van der Waals surface area contributed by atoms with Crippen LogP contribution >= 0.6 is 0 Å². The van der Waals surface area contributed by atoms with Crippen molar-refractivity contribution in [3.8, 4) is 11.5 Å². The number of hydrogen-bond donors (Lipinski definition) is 4. The molecule has 0 aromatic heterocycles. The Morgan fingerprint density at radius 3 is 2.37 bits per heavy atom. The van der Waals surface area contributed by atoms with Crippen LogP contribution in [0.25, 0.3) is 0 Å². The zero-order valence-electron chi connectivity index (χ0n) is 10.7. The quantitative estimate of drug-likeness (QED) is 0.610. The van der Waals surface area contributed by atoms with Crippen molar-refractivity contribution in [2.24, 2.45) is 0 Å². The Labute approximate surface area is 111 Å². The third-order valence-electron chi connectivity index (χ3n) is 3.46. The van der Waals surface area contributed by atoms with E-state index in [1.54, 1.807) is 0 Å². The van der Waals surface area contributed by atoms with Gasteiger partial charge in [0.2, 0.25) is 0 Å². The third kappa shape index (κ3) is 3.61. The molecule has 0 spiro atoms. The van der Waals surface area contributed by atoms with Crippen LogP contribution in [0.15, 0.2) is 18.2 Å². The van der Waals surface area contributed by atoms with Gasteiger partial charge >= 0.3 is 0 Å². The van der Waals surface area contributed by atoms with Crippen molar-refractivity contribution in [2.75, 3.05) is 0 Å². The van der Waals surface area contributed by atoms with Crippen LogP contribution in [0.5, 0.6) is 11.5 Å². The van der Waals surface area contributed by atoms with Crippen LogP contribution in [-0.4, -0.2) is 33.4 Å². The van der Waals surface area contributed by atoms with E-state index < -0.39 is 12.0 Å². The van der Waals surface area contributed by atoms with E-state index in [4.69, 9.17) is 0 Å². The molecule has 1 aromatic rings. The molecule has 0 saturated heterocycles. The number of aliphatic hydroxyl groups is 1. The molecular formula is C14H19NO4. The van der Waals surface area contributed by atoms with Crippen LogP contribution in [0.3, 0.4) is 0 Å². The van der Waals surface area contributed by atoms with Crippen LogP contribution in [0, 0.1) is 0 Å². The summed E-state index contributed by atoms with van der Waals surface area (Å²) in [6.45, 7) is 0. The SMILES string of the molecule is O=C(NC1CCCCCC1O)c1cc(O)cc(O)c1. The van der Waals surface area contributed by atoms with Gasteiger partial charge in [-0.15, -0.1) is 0 Å². The van der Waals surface area contributed by atoms with E-state index in [0.717, 1.165) is 31.7 Å². The van der Waals surface area contributed by atoms with Crippen LogP contribution < -0.4 is 5.32 Å². The Balaban J connectivity index is 2.07. The Hall–Kier alpha value is -1.75. The summed E-state index contributed by atoms with van der Waals surface area (Å²) in [5, 5.41) is 31.4. The average Bonchev–Trinajstić information content (AvgIpc) is 2.54. The molecule has 1 amide bonds. The highest BCUT2D eigenvalue weighted by Crippen LogP contribution is 2.22. The van der Waals surface area contributed by atoms with Gasteiger partial charge in [0.1, 0.15) is 11.5 Å². The first-order valence-corrected chi connectivity index (χ1v) is 6.58. The number of amides is 1. The Kier molecular flexibility index (Phi) is 4.27. The molecule has 1 fully saturated rings. The molecule has 1 aromatic carbocycles. The van der Waals surface area contributed by atoms with Crippen LogP contribution in [0.1, 0.15) is 42.5 Å². The fourth-order valence-corrected chi connectivity index (χ4v) is 2.43. The van der Waals surface area contributed by atoms with Crippen molar-refractivity contribution < 1.29 is 20.1 Å². The molecule has 104 valence electrons. The first-order chi connectivity index (χ1) is 9.06. The van der Waals surface area contributed by atoms with Crippen molar-refractivity contribution in [3.63, 3.8) is 0 Å². The Morgan fingerprint density at radius 2 is 1.68 bits per heavy atom. The standard InChI is InChI=1S/C14H19NO4/c16-10-6-9(7-11(17)8-10)14(19)15-12-4-2-1-3-5-13(12)18/h6-8,12-13,16-18H,1-5H2,(H,15,19). The second kappa shape index (κ2) is 5.93. The molecule has 0 radical (unpaired) electrons. The largest absolute Gasteiger partial charge is 0.508 e. The van der Waals surface area contributed by atoms with Crippen LogP contribution in [0.4, 0.5) is 0 Å². The number of phenolic OH excluding ortho intramolecular Hbond substituents is 2. The lowest BCUT2D eigenvalue weighted by molar-refractivity contribution is 0.0818.